The topological polar surface area (TPSA) is 81.1 Å². The van der Waals surface area contributed by atoms with E-state index in [0.717, 1.165) is 19.5 Å². The largest absolute Gasteiger partial charge is 0.481 e. The van der Waals surface area contributed by atoms with Crippen molar-refractivity contribution in [2.45, 2.75) is 6.42 Å². The molecule has 1 amide bonds. The number of β-amino-alcohol motifs (C(OH)–C–C–N with tert-alkyl or cyclic N) is 1. The van der Waals surface area contributed by atoms with Gasteiger partial charge < -0.3 is 15.1 Å². The SMILES string of the molecule is O=C(O)[C@@H]1[C@H](C(=O)N2CCN(CCO)CC2)[C@@H]2C=C[C@@H]1C2. The van der Waals surface area contributed by atoms with Gasteiger partial charge in [0.2, 0.25) is 5.91 Å². The number of hydrogen-bond acceptors (Lipinski definition) is 4. The van der Waals surface area contributed by atoms with E-state index in [1.807, 2.05) is 17.1 Å². The Morgan fingerprint density at radius 2 is 1.67 bits per heavy atom. The standard InChI is InChI=1S/C15H22N2O4/c18-8-7-16-3-5-17(6-4-16)14(19)12-10-1-2-11(9-10)13(12)15(20)21/h1-2,10-13,18H,3-9H2,(H,20,21)/t10-,11-,12-,13+/m1/s1. The third-order valence-corrected chi connectivity index (χ3v) is 5.13. The summed E-state index contributed by atoms with van der Waals surface area (Å²) in [6, 6.07) is 0. The number of carboxylic acids is 1. The maximum Gasteiger partial charge on any atom is 0.307 e. The number of allylic oxidation sites excluding steroid dienone is 2. The van der Waals surface area contributed by atoms with Crippen LogP contribution in [0.2, 0.25) is 0 Å². The number of carbonyl (C=O) groups is 2. The summed E-state index contributed by atoms with van der Waals surface area (Å²) < 4.78 is 0. The molecule has 2 N–H and O–H groups in total. The van der Waals surface area contributed by atoms with Crippen LogP contribution < -0.4 is 0 Å². The Kier molecular flexibility index (Phi) is 3.99. The van der Waals surface area contributed by atoms with Crippen molar-refractivity contribution >= 4 is 11.9 Å². The van der Waals surface area contributed by atoms with Gasteiger partial charge in [0.1, 0.15) is 0 Å². The lowest BCUT2D eigenvalue weighted by Crippen LogP contribution is -2.52. The van der Waals surface area contributed by atoms with Crippen LogP contribution in [0.15, 0.2) is 12.2 Å². The van der Waals surface area contributed by atoms with Crippen LogP contribution in [0.3, 0.4) is 0 Å². The zero-order chi connectivity index (χ0) is 15.0. The molecule has 1 saturated carbocycles. The predicted octanol–water partition coefficient (Wildman–Crippen LogP) is -0.354. The maximum absolute atomic E-state index is 12.7. The van der Waals surface area contributed by atoms with Crippen LogP contribution in [0.5, 0.6) is 0 Å². The van der Waals surface area contributed by atoms with Crippen LogP contribution in [0, 0.1) is 23.7 Å². The summed E-state index contributed by atoms with van der Waals surface area (Å²) in [6.45, 7) is 3.52. The van der Waals surface area contributed by atoms with Crippen molar-refractivity contribution in [1.82, 2.24) is 9.80 Å². The molecule has 2 bridgehead atoms. The Morgan fingerprint density at radius 1 is 1.05 bits per heavy atom. The van der Waals surface area contributed by atoms with Gasteiger partial charge in [-0.25, -0.2) is 0 Å². The normalized spacial score (nSPS) is 35.4. The van der Waals surface area contributed by atoms with E-state index in [0.29, 0.717) is 19.6 Å². The van der Waals surface area contributed by atoms with Gasteiger partial charge in [-0.1, -0.05) is 12.2 Å². The molecule has 21 heavy (non-hydrogen) atoms. The number of hydrogen-bond donors (Lipinski definition) is 2. The second-order valence-corrected chi connectivity index (χ2v) is 6.23. The van der Waals surface area contributed by atoms with E-state index in [9.17, 15) is 14.7 Å². The zero-order valence-corrected chi connectivity index (χ0v) is 12.0. The van der Waals surface area contributed by atoms with Gasteiger partial charge in [0.25, 0.3) is 0 Å². The minimum atomic E-state index is -0.843. The van der Waals surface area contributed by atoms with Gasteiger partial charge in [-0.05, 0) is 18.3 Å². The number of aliphatic carboxylic acids is 1. The molecule has 0 spiro atoms. The smallest absolute Gasteiger partial charge is 0.307 e. The van der Waals surface area contributed by atoms with E-state index in [1.165, 1.54) is 0 Å². The number of carbonyl (C=O) groups excluding carboxylic acids is 1. The van der Waals surface area contributed by atoms with Gasteiger partial charge in [0.05, 0.1) is 18.4 Å². The third kappa shape index (κ3) is 2.58. The van der Waals surface area contributed by atoms with Crippen LogP contribution in [0.25, 0.3) is 0 Å². The molecule has 0 unspecified atom stereocenters. The van der Waals surface area contributed by atoms with E-state index >= 15 is 0 Å². The van der Waals surface area contributed by atoms with Crippen LogP contribution >= 0.6 is 0 Å². The van der Waals surface area contributed by atoms with Gasteiger partial charge >= 0.3 is 5.97 Å². The van der Waals surface area contributed by atoms with Crippen molar-refractivity contribution < 1.29 is 19.8 Å². The van der Waals surface area contributed by atoms with E-state index < -0.39 is 11.9 Å². The Morgan fingerprint density at radius 3 is 2.24 bits per heavy atom. The summed E-state index contributed by atoms with van der Waals surface area (Å²) in [5, 5.41) is 18.4. The molecular weight excluding hydrogens is 272 g/mol. The number of aliphatic hydroxyl groups excluding tert-OH is 1. The van der Waals surface area contributed by atoms with Crippen molar-refractivity contribution in [2.75, 3.05) is 39.3 Å². The summed E-state index contributed by atoms with van der Waals surface area (Å²) in [5.74, 6) is -1.66. The molecule has 1 saturated heterocycles. The first-order valence-electron chi connectivity index (χ1n) is 7.65. The molecule has 6 heteroatoms. The highest BCUT2D eigenvalue weighted by molar-refractivity contribution is 5.87. The lowest BCUT2D eigenvalue weighted by molar-refractivity contribution is -0.151. The summed E-state index contributed by atoms with van der Waals surface area (Å²) in [7, 11) is 0. The minimum Gasteiger partial charge on any atom is -0.481 e. The monoisotopic (exact) mass is 294 g/mol. The van der Waals surface area contributed by atoms with Gasteiger partial charge in [0, 0.05) is 32.7 Å². The maximum atomic E-state index is 12.7. The van der Waals surface area contributed by atoms with Crippen molar-refractivity contribution in [1.29, 1.82) is 0 Å². The molecule has 6 nitrogen and oxygen atoms in total. The lowest BCUT2D eigenvalue weighted by Gasteiger charge is -2.37. The molecular formula is C15H22N2O4. The highest BCUT2D eigenvalue weighted by Gasteiger charge is 2.52. The molecule has 4 atom stereocenters. The van der Waals surface area contributed by atoms with Crippen molar-refractivity contribution in [2.24, 2.45) is 23.7 Å². The number of rotatable bonds is 4. The second-order valence-electron chi connectivity index (χ2n) is 6.23. The summed E-state index contributed by atoms with van der Waals surface area (Å²) >= 11 is 0. The first kappa shape index (κ1) is 14.5. The molecule has 3 aliphatic rings. The molecule has 2 aliphatic carbocycles. The van der Waals surface area contributed by atoms with E-state index in [2.05, 4.69) is 4.90 Å². The Balaban J connectivity index is 1.66. The first-order chi connectivity index (χ1) is 10.1. The summed E-state index contributed by atoms with van der Waals surface area (Å²) in [6.07, 6.45) is 4.79. The molecule has 1 aliphatic heterocycles. The fourth-order valence-electron chi connectivity index (χ4n) is 4.04. The number of carboxylic acid groups (broad SMARTS) is 1. The van der Waals surface area contributed by atoms with Gasteiger partial charge in [0.15, 0.2) is 0 Å². The molecule has 116 valence electrons. The average molecular weight is 294 g/mol. The number of fused-ring (bicyclic) bond motifs is 2. The van der Waals surface area contributed by atoms with Crippen LogP contribution in [0.1, 0.15) is 6.42 Å². The Bertz CT molecular complexity index is 457. The van der Waals surface area contributed by atoms with E-state index in [-0.39, 0.29) is 30.3 Å². The first-order valence-corrected chi connectivity index (χ1v) is 7.65. The van der Waals surface area contributed by atoms with Crippen LogP contribution in [0.4, 0.5) is 0 Å². The van der Waals surface area contributed by atoms with Crippen molar-refractivity contribution in [3.05, 3.63) is 12.2 Å². The van der Waals surface area contributed by atoms with E-state index in [4.69, 9.17) is 5.11 Å². The summed E-state index contributed by atoms with van der Waals surface area (Å²) in [4.78, 5) is 28.1. The third-order valence-electron chi connectivity index (χ3n) is 5.13. The highest BCUT2D eigenvalue weighted by Crippen LogP contribution is 2.48. The van der Waals surface area contributed by atoms with E-state index in [1.54, 1.807) is 0 Å². The number of nitrogens with zero attached hydrogens (tertiary/aromatic N) is 2. The van der Waals surface area contributed by atoms with Crippen molar-refractivity contribution in [3.63, 3.8) is 0 Å². The second kappa shape index (κ2) is 5.77. The highest BCUT2D eigenvalue weighted by atomic mass is 16.4. The zero-order valence-electron chi connectivity index (χ0n) is 12.0. The fourth-order valence-corrected chi connectivity index (χ4v) is 4.04. The predicted molar refractivity (Wildman–Crippen MR) is 75.5 cm³/mol. The molecule has 0 aromatic carbocycles. The quantitative estimate of drug-likeness (QED) is 0.693. The lowest BCUT2D eigenvalue weighted by atomic mass is 9.82. The van der Waals surface area contributed by atoms with Crippen molar-refractivity contribution in [3.8, 4) is 0 Å². The minimum absolute atomic E-state index is 0.00268. The van der Waals surface area contributed by atoms with Gasteiger partial charge in [-0.2, -0.15) is 0 Å². The molecule has 1 heterocycles. The number of amides is 1. The Labute approximate surface area is 124 Å². The molecule has 2 fully saturated rings. The Hall–Kier alpha value is -1.40. The molecule has 3 rings (SSSR count). The number of aliphatic hydroxyl groups is 1. The molecule has 0 radical (unpaired) electrons. The average Bonchev–Trinajstić information content (AvgIpc) is 3.08. The van der Waals surface area contributed by atoms with Gasteiger partial charge in [-0.15, -0.1) is 0 Å². The fraction of sp³-hybridized carbons (Fsp3) is 0.733. The van der Waals surface area contributed by atoms with Crippen LogP contribution in [-0.4, -0.2) is 71.2 Å². The summed E-state index contributed by atoms with van der Waals surface area (Å²) in [5.41, 5.74) is 0. The molecule has 0 aromatic rings. The number of piperazine rings is 1. The van der Waals surface area contributed by atoms with Crippen LogP contribution in [-0.2, 0) is 9.59 Å². The van der Waals surface area contributed by atoms with Gasteiger partial charge in [-0.3, -0.25) is 14.5 Å². The molecule has 0 aromatic heterocycles.